The van der Waals surface area contributed by atoms with Crippen LogP contribution in [0.5, 0.6) is 17.2 Å². The van der Waals surface area contributed by atoms with Gasteiger partial charge >= 0.3 is 0 Å². The Kier molecular flexibility index (Phi) is 5.48. The van der Waals surface area contributed by atoms with E-state index in [0.29, 0.717) is 31.1 Å². The number of nitrogens with one attached hydrogen (secondary N) is 1. The maximum absolute atomic E-state index is 13.4. The number of sulfonamides is 1. The minimum atomic E-state index is -3.97. The zero-order chi connectivity index (χ0) is 18.6. The van der Waals surface area contributed by atoms with Gasteiger partial charge in [0.05, 0.1) is 30.4 Å². The molecule has 0 bridgehead atoms. The number of benzene rings is 2. The molecule has 0 spiro atoms. The lowest BCUT2D eigenvalue weighted by Crippen LogP contribution is -2.15. The van der Waals surface area contributed by atoms with Gasteiger partial charge in [0.1, 0.15) is 18.2 Å². The van der Waals surface area contributed by atoms with E-state index in [2.05, 4.69) is 4.72 Å². The van der Waals surface area contributed by atoms with Gasteiger partial charge in [0.15, 0.2) is 11.5 Å². The molecule has 0 amide bonds. The number of anilines is 1. The van der Waals surface area contributed by atoms with Gasteiger partial charge in [-0.3, -0.25) is 4.72 Å². The topological polar surface area (TPSA) is 94.1 Å². The first-order valence-electron chi connectivity index (χ1n) is 7.95. The average Bonchev–Trinajstić information content (AvgIpc) is 2.86. The molecule has 0 atom stereocenters. The third-order valence-corrected chi connectivity index (χ3v) is 4.93. The second kappa shape index (κ2) is 7.79. The number of aliphatic hydroxyl groups excluding tert-OH is 1. The van der Waals surface area contributed by atoms with E-state index in [-0.39, 0.29) is 29.5 Å². The predicted molar refractivity (Wildman–Crippen MR) is 91.8 cm³/mol. The molecule has 26 heavy (non-hydrogen) atoms. The van der Waals surface area contributed by atoms with E-state index >= 15 is 0 Å². The third-order valence-electron chi connectivity index (χ3n) is 3.57. The van der Waals surface area contributed by atoms with Crippen LogP contribution < -0.4 is 18.9 Å². The summed E-state index contributed by atoms with van der Waals surface area (Å²) in [5, 5.41) is 8.85. The van der Waals surface area contributed by atoms with Crippen molar-refractivity contribution in [2.24, 2.45) is 0 Å². The number of aliphatic hydroxyl groups is 1. The Morgan fingerprint density at radius 2 is 1.88 bits per heavy atom. The molecule has 0 saturated heterocycles. The van der Waals surface area contributed by atoms with Gasteiger partial charge in [-0.25, -0.2) is 12.8 Å². The lowest BCUT2D eigenvalue weighted by molar-refractivity contribution is 0.201. The van der Waals surface area contributed by atoms with Crippen LogP contribution in [0.15, 0.2) is 41.3 Å². The van der Waals surface area contributed by atoms with Crippen molar-refractivity contribution in [3.63, 3.8) is 0 Å². The van der Waals surface area contributed by atoms with Gasteiger partial charge in [0.25, 0.3) is 10.0 Å². The van der Waals surface area contributed by atoms with Crippen molar-refractivity contribution in [3.8, 4) is 17.2 Å². The zero-order valence-electron chi connectivity index (χ0n) is 13.8. The van der Waals surface area contributed by atoms with Crippen molar-refractivity contribution < 1.29 is 32.1 Å². The second-order valence-electron chi connectivity index (χ2n) is 5.48. The summed E-state index contributed by atoms with van der Waals surface area (Å²) in [6.07, 6.45) is 0.705. The number of hydrogen-bond donors (Lipinski definition) is 2. The molecule has 140 valence electrons. The van der Waals surface area contributed by atoms with E-state index in [1.54, 1.807) is 0 Å². The number of hydrogen-bond acceptors (Lipinski definition) is 6. The summed E-state index contributed by atoms with van der Waals surface area (Å²) in [5.74, 6) is 0.227. The highest BCUT2D eigenvalue weighted by Crippen LogP contribution is 2.33. The van der Waals surface area contributed by atoms with Gasteiger partial charge in [-0.05, 0) is 24.3 Å². The molecular weight excluding hydrogens is 365 g/mol. The molecule has 1 aliphatic heterocycles. The fourth-order valence-corrected chi connectivity index (χ4v) is 3.46. The van der Waals surface area contributed by atoms with Crippen LogP contribution in [0, 0.1) is 5.82 Å². The molecule has 0 fully saturated rings. The van der Waals surface area contributed by atoms with Crippen LogP contribution in [0.1, 0.15) is 6.42 Å². The normalized spacial score (nSPS) is 13.8. The van der Waals surface area contributed by atoms with Crippen molar-refractivity contribution in [1.29, 1.82) is 0 Å². The SMILES string of the molecule is O=S(=O)(Nc1ccc(F)cc1OCCO)c1ccc2c(c1)OCCCO2. The summed E-state index contributed by atoms with van der Waals surface area (Å²) in [4.78, 5) is -0.0285. The molecule has 7 nitrogen and oxygen atoms in total. The van der Waals surface area contributed by atoms with Crippen LogP contribution in [0.3, 0.4) is 0 Å². The van der Waals surface area contributed by atoms with E-state index in [9.17, 15) is 12.8 Å². The van der Waals surface area contributed by atoms with Gasteiger partial charge in [0.2, 0.25) is 0 Å². The molecule has 0 saturated carbocycles. The van der Waals surface area contributed by atoms with Gasteiger partial charge in [-0.2, -0.15) is 0 Å². The molecule has 0 radical (unpaired) electrons. The Morgan fingerprint density at radius 3 is 2.65 bits per heavy atom. The van der Waals surface area contributed by atoms with E-state index in [4.69, 9.17) is 19.3 Å². The van der Waals surface area contributed by atoms with Gasteiger partial charge in [-0.1, -0.05) is 0 Å². The van der Waals surface area contributed by atoms with Gasteiger partial charge in [-0.15, -0.1) is 0 Å². The minimum absolute atomic E-state index is 0.0167. The highest BCUT2D eigenvalue weighted by Gasteiger charge is 2.20. The molecule has 1 aliphatic rings. The number of fused-ring (bicyclic) bond motifs is 1. The number of rotatable bonds is 6. The van der Waals surface area contributed by atoms with Crippen LogP contribution in [-0.2, 0) is 10.0 Å². The minimum Gasteiger partial charge on any atom is -0.490 e. The molecular formula is C17H18FNO6S. The van der Waals surface area contributed by atoms with Crippen LogP contribution >= 0.6 is 0 Å². The van der Waals surface area contributed by atoms with E-state index in [0.717, 1.165) is 12.1 Å². The molecule has 9 heteroatoms. The quantitative estimate of drug-likeness (QED) is 0.794. The van der Waals surface area contributed by atoms with Crippen molar-refractivity contribution in [2.75, 3.05) is 31.1 Å². The molecule has 2 aromatic carbocycles. The summed E-state index contributed by atoms with van der Waals surface area (Å²) in [5.41, 5.74) is 0.0620. The average molecular weight is 383 g/mol. The summed E-state index contributed by atoms with van der Waals surface area (Å²) in [6, 6.07) is 7.71. The zero-order valence-corrected chi connectivity index (χ0v) is 14.6. The highest BCUT2D eigenvalue weighted by atomic mass is 32.2. The molecule has 2 aromatic rings. The van der Waals surface area contributed by atoms with E-state index in [1.165, 1.54) is 24.3 Å². The Morgan fingerprint density at radius 1 is 1.12 bits per heavy atom. The summed E-state index contributed by atoms with van der Waals surface area (Å²) >= 11 is 0. The maximum atomic E-state index is 13.4. The Hall–Kier alpha value is -2.52. The number of ether oxygens (including phenoxy) is 3. The fraction of sp³-hybridized carbons (Fsp3) is 0.294. The van der Waals surface area contributed by atoms with Crippen molar-refractivity contribution in [2.45, 2.75) is 11.3 Å². The van der Waals surface area contributed by atoms with Crippen LogP contribution in [0.25, 0.3) is 0 Å². The molecule has 3 rings (SSSR count). The molecule has 0 unspecified atom stereocenters. The summed E-state index contributed by atoms with van der Waals surface area (Å²) < 4.78 is 57.3. The standard InChI is InChI=1S/C17H18FNO6S/c18-12-2-4-14(16(10-12)25-9-6-20)19-26(21,22)13-3-5-15-17(11-13)24-8-1-7-23-15/h2-5,10-11,19-20H,1,6-9H2. The van der Waals surface area contributed by atoms with Gasteiger partial charge in [0, 0.05) is 18.6 Å². The Labute approximate surface area is 150 Å². The second-order valence-corrected chi connectivity index (χ2v) is 7.16. The van der Waals surface area contributed by atoms with Crippen LogP contribution in [0.2, 0.25) is 0 Å². The lowest BCUT2D eigenvalue weighted by Gasteiger charge is -2.14. The first-order chi connectivity index (χ1) is 12.5. The van der Waals surface area contributed by atoms with Crippen LogP contribution in [-0.4, -0.2) is 40.0 Å². The van der Waals surface area contributed by atoms with Crippen molar-refractivity contribution >= 4 is 15.7 Å². The Bertz CT molecular complexity index is 887. The fourth-order valence-electron chi connectivity index (χ4n) is 2.37. The summed E-state index contributed by atoms with van der Waals surface area (Å²) in [6.45, 7) is 0.548. The first kappa shape index (κ1) is 18.3. The Balaban J connectivity index is 1.89. The first-order valence-corrected chi connectivity index (χ1v) is 9.43. The van der Waals surface area contributed by atoms with Crippen molar-refractivity contribution in [3.05, 3.63) is 42.2 Å². The van der Waals surface area contributed by atoms with Crippen molar-refractivity contribution in [1.82, 2.24) is 0 Å². The monoisotopic (exact) mass is 383 g/mol. The lowest BCUT2D eigenvalue weighted by atomic mass is 10.3. The molecule has 0 aliphatic carbocycles. The van der Waals surface area contributed by atoms with E-state index < -0.39 is 15.8 Å². The third kappa shape index (κ3) is 4.17. The highest BCUT2D eigenvalue weighted by molar-refractivity contribution is 7.92. The van der Waals surface area contributed by atoms with E-state index in [1.807, 2.05) is 0 Å². The van der Waals surface area contributed by atoms with Crippen LogP contribution in [0.4, 0.5) is 10.1 Å². The molecule has 1 heterocycles. The molecule has 0 aromatic heterocycles. The number of halogens is 1. The summed E-state index contributed by atoms with van der Waals surface area (Å²) in [7, 11) is -3.97. The van der Waals surface area contributed by atoms with Gasteiger partial charge < -0.3 is 19.3 Å². The molecule has 2 N–H and O–H groups in total. The smallest absolute Gasteiger partial charge is 0.262 e. The largest absolute Gasteiger partial charge is 0.490 e. The predicted octanol–water partition coefficient (Wildman–Crippen LogP) is 2.16. The maximum Gasteiger partial charge on any atom is 0.262 e.